The Morgan fingerprint density at radius 2 is 1.61 bits per heavy atom. The third-order valence-electron chi connectivity index (χ3n) is 3.48. The number of nitrogens with zero attached hydrogens (tertiary/aromatic N) is 2. The topological polar surface area (TPSA) is 79.2 Å². The smallest absolute Gasteiger partial charge is 0.436 e. The van der Waals surface area contributed by atoms with Gasteiger partial charge in [0.15, 0.2) is 0 Å². The van der Waals surface area contributed by atoms with Gasteiger partial charge in [0.25, 0.3) is 0 Å². The Balaban J connectivity index is 2.39. The zero-order chi connectivity index (χ0) is 13.6. The minimum Gasteiger partial charge on any atom is -0.436 e. The molecule has 6 heteroatoms. The van der Waals surface area contributed by atoms with Gasteiger partial charge in [0.1, 0.15) is 12.1 Å². The van der Waals surface area contributed by atoms with E-state index < -0.39 is 18.3 Å². The molecule has 1 aromatic rings. The monoisotopic (exact) mass is 244 g/mol. The molecule has 0 spiro atoms. The van der Waals surface area contributed by atoms with Gasteiger partial charge in [0, 0.05) is 5.46 Å². The van der Waals surface area contributed by atoms with Crippen molar-refractivity contribution in [2.75, 3.05) is 0 Å². The second-order valence-electron chi connectivity index (χ2n) is 5.21. The zero-order valence-corrected chi connectivity index (χ0v) is 10.8. The van der Waals surface area contributed by atoms with E-state index in [1.807, 2.05) is 39.8 Å². The largest absolute Gasteiger partial charge is 0.499 e. The first-order valence-electron chi connectivity index (χ1n) is 5.60. The van der Waals surface area contributed by atoms with Crippen LogP contribution in [0.1, 0.15) is 39.2 Å². The Kier molecular flexibility index (Phi) is 2.73. The van der Waals surface area contributed by atoms with Gasteiger partial charge >= 0.3 is 7.12 Å². The molecule has 18 heavy (non-hydrogen) atoms. The summed E-state index contributed by atoms with van der Waals surface area (Å²) in [7, 11) is -0.685. The van der Waals surface area contributed by atoms with Gasteiger partial charge in [-0.3, -0.25) is 0 Å². The maximum atomic E-state index is 8.98. The molecule has 5 nitrogen and oxygen atoms in total. The molecule has 2 heterocycles. The maximum absolute atomic E-state index is 8.98. The SMILES string of the molecule is CC1(C)OB(c2cc(C#N)oc2C#N)OC1(C)C. The highest BCUT2D eigenvalue weighted by atomic mass is 16.7. The maximum Gasteiger partial charge on any atom is 0.499 e. The van der Waals surface area contributed by atoms with E-state index in [1.165, 1.54) is 6.07 Å². The molecule has 2 rings (SSSR count). The third-order valence-corrected chi connectivity index (χ3v) is 3.48. The van der Waals surface area contributed by atoms with Crippen LogP contribution in [0.2, 0.25) is 0 Å². The molecule has 1 aliphatic heterocycles. The van der Waals surface area contributed by atoms with Crippen molar-refractivity contribution < 1.29 is 13.7 Å². The van der Waals surface area contributed by atoms with Crippen LogP contribution in [0.15, 0.2) is 10.5 Å². The van der Waals surface area contributed by atoms with E-state index in [9.17, 15) is 0 Å². The molecular weight excluding hydrogens is 231 g/mol. The fourth-order valence-corrected chi connectivity index (χ4v) is 1.69. The minimum atomic E-state index is -0.685. The molecule has 0 amide bonds. The van der Waals surface area contributed by atoms with Crippen molar-refractivity contribution in [3.05, 3.63) is 17.6 Å². The van der Waals surface area contributed by atoms with E-state index in [-0.39, 0.29) is 11.5 Å². The standard InChI is InChI=1S/C12H13BN2O3/c1-11(2)12(3,4)18-13(17-11)9-5-8(6-14)16-10(9)7-15/h5H,1-4H3. The van der Waals surface area contributed by atoms with Gasteiger partial charge in [-0.05, 0) is 33.8 Å². The fourth-order valence-electron chi connectivity index (χ4n) is 1.69. The van der Waals surface area contributed by atoms with Gasteiger partial charge < -0.3 is 13.7 Å². The molecule has 1 aromatic heterocycles. The van der Waals surface area contributed by atoms with Gasteiger partial charge in [-0.2, -0.15) is 10.5 Å². The molecule has 0 unspecified atom stereocenters. The Morgan fingerprint density at radius 1 is 1.06 bits per heavy atom. The predicted molar refractivity (Wildman–Crippen MR) is 63.9 cm³/mol. The summed E-state index contributed by atoms with van der Waals surface area (Å²) in [5.74, 6) is 0.140. The summed E-state index contributed by atoms with van der Waals surface area (Å²) in [4.78, 5) is 0. The molecule has 0 radical (unpaired) electrons. The number of rotatable bonds is 1. The lowest BCUT2D eigenvalue weighted by atomic mass is 9.79. The van der Waals surface area contributed by atoms with Gasteiger partial charge in [-0.15, -0.1) is 0 Å². The highest BCUT2D eigenvalue weighted by molar-refractivity contribution is 6.62. The summed E-state index contributed by atoms with van der Waals surface area (Å²) in [5, 5.41) is 17.8. The summed E-state index contributed by atoms with van der Waals surface area (Å²) >= 11 is 0. The van der Waals surface area contributed by atoms with E-state index in [1.54, 1.807) is 0 Å². The summed E-state index contributed by atoms with van der Waals surface area (Å²) in [6.45, 7) is 7.68. The van der Waals surface area contributed by atoms with Crippen molar-refractivity contribution in [3.8, 4) is 12.1 Å². The van der Waals surface area contributed by atoms with Gasteiger partial charge in [0.2, 0.25) is 11.5 Å². The van der Waals surface area contributed by atoms with Crippen LogP contribution in [0.3, 0.4) is 0 Å². The summed E-state index contributed by atoms with van der Waals surface area (Å²) < 4.78 is 16.7. The fraction of sp³-hybridized carbons (Fsp3) is 0.500. The van der Waals surface area contributed by atoms with Gasteiger partial charge in [-0.1, -0.05) is 0 Å². The first-order chi connectivity index (χ1) is 8.30. The van der Waals surface area contributed by atoms with Crippen molar-refractivity contribution in [1.82, 2.24) is 0 Å². The van der Waals surface area contributed by atoms with Gasteiger partial charge in [0.05, 0.1) is 11.2 Å². The highest BCUT2D eigenvalue weighted by Gasteiger charge is 2.53. The van der Waals surface area contributed by atoms with Crippen molar-refractivity contribution in [2.24, 2.45) is 0 Å². The molecule has 0 aromatic carbocycles. The van der Waals surface area contributed by atoms with Crippen LogP contribution in [-0.2, 0) is 9.31 Å². The average molecular weight is 244 g/mol. The van der Waals surface area contributed by atoms with Crippen LogP contribution in [-0.4, -0.2) is 18.3 Å². The van der Waals surface area contributed by atoms with Crippen molar-refractivity contribution >= 4 is 12.6 Å². The second-order valence-corrected chi connectivity index (χ2v) is 5.21. The highest BCUT2D eigenvalue weighted by Crippen LogP contribution is 2.36. The number of hydrogen-bond acceptors (Lipinski definition) is 5. The quantitative estimate of drug-likeness (QED) is 0.696. The molecular formula is C12H13BN2O3. The lowest BCUT2D eigenvalue weighted by molar-refractivity contribution is 0.00578. The molecule has 1 aliphatic rings. The zero-order valence-electron chi connectivity index (χ0n) is 10.8. The van der Waals surface area contributed by atoms with Crippen molar-refractivity contribution in [1.29, 1.82) is 10.5 Å². The number of furan rings is 1. The first kappa shape index (κ1) is 12.7. The predicted octanol–water partition coefficient (Wildman–Crippen LogP) is 1.32. The summed E-state index contributed by atoms with van der Waals surface area (Å²) in [5.41, 5.74) is -0.518. The summed E-state index contributed by atoms with van der Waals surface area (Å²) in [6, 6.07) is 5.25. The number of hydrogen-bond donors (Lipinski definition) is 0. The molecule has 1 saturated heterocycles. The molecule has 0 N–H and O–H groups in total. The molecule has 1 fully saturated rings. The summed E-state index contributed by atoms with van der Waals surface area (Å²) in [6.07, 6.45) is 0. The van der Waals surface area contributed by atoms with Crippen LogP contribution < -0.4 is 5.46 Å². The molecule has 0 saturated carbocycles. The van der Waals surface area contributed by atoms with Crippen molar-refractivity contribution in [3.63, 3.8) is 0 Å². The van der Waals surface area contributed by atoms with Gasteiger partial charge in [-0.25, -0.2) is 0 Å². The minimum absolute atomic E-state index is 0.0602. The normalized spacial score (nSPS) is 20.4. The van der Waals surface area contributed by atoms with Crippen LogP contribution in [0.25, 0.3) is 0 Å². The third kappa shape index (κ3) is 1.80. The van der Waals surface area contributed by atoms with E-state index in [2.05, 4.69) is 0 Å². The van der Waals surface area contributed by atoms with E-state index in [4.69, 9.17) is 24.2 Å². The van der Waals surface area contributed by atoms with E-state index in [0.29, 0.717) is 5.46 Å². The Labute approximate surface area is 106 Å². The van der Waals surface area contributed by atoms with Crippen LogP contribution in [0, 0.1) is 22.7 Å². The number of nitriles is 2. The van der Waals surface area contributed by atoms with Crippen LogP contribution >= 0.6 is 0 Å². The molecule has 92 valence electrons. The van der Waals surface area contributed by atoms with Crippen molar-refractivity contribution in [2.45, 2.75) is 38.9 Å². The van der Waals surface area contributed by atoms with E-state index >= 15 is 0 Å². The Bertz CT molecular complexity index is 547. The van der Waals surface area contributed by atoms with Crippen LogP contribution in [0.4, 0.5) is 0 Å². The average Bonchev–Trinajstić information content (AvgIpc) is 2.78. The molecule has 0 atom stereocenters. The molecule has 0 bridgehead atoms. The second kappa shape index (κ2) is 3.88. The lowest BCUT2D eigenvalue weighted by Crippen LogP contribution is -2.41. The van der Waals surface area contributed by atoms with Crippen LogP contribution in [0.5, 0.6) is 0 Å². The Morgan fingerprint density at radius 3 is 2.06 bits per heavy atom. The first-order valence-corrected chi connectivity index (χ1v) is 5.60. The molecule has 0 aliphatic carbocycles. The lowest BCUT2D eigenvalue weighted by Gasteiger charge is -2.32. The Hall–Kier alpha value is -1.76. The van der Waals surface area contributed by atoms with E-state index in [0.717, 1.165) is 0 Å².